The molecule has 0 aliphatic rings. The topological polar surface area (TPSA) is 85.9 Å². The maximum absolute atomic E-state index is 13.6. The summed E-state index contributed by atoms with van der Waals surface area (Å²) in [5.74, 6) is -1.01. The summed E-state index contributed by atoms with van der Waals surface area (Å²) in [6, 6.07) is 11.0. The molecule has 1 atom stereocenters. The number of ether oxygens (including phenoxy) is 3. The molecule has 0 fully saturated rings. The SMILES string of the molecule is C/C=C/c1ccc(OCC(=O)NNC(=O)[C@H](C)Oc2ccccc2F)c(OC)c1. The molecule has 2 rings (SSSR count). The minimum atomic E-state index is -1.02. The summed E-state index contributed by atoms with van der Waals surface area (Å²) in [5.41, 5.74) is 5.35. The molecule has 0 saturated carbocycles. The molecule has 0 saturated heterocycles. The molecule has 2 aromatic rings. The Morgan fingerprint density at radius 2 is 1.86 bits per heavy atom. The molecule has 0 unspecified atom stereocenters. The second-order valence-electron chi connectivity index (χ2n) is 5.93. The lowest BCUT2D eigenvalue weighted by Gasteiger charge is -2.16. The first-order chi connectivity index (χ1) is 13.9. The summed E-state index contributed by atoms with van der Waals surface area (Å²) in [7, 11) is 1.50. The lowest BCUT2D eigenvalue weighted by Crippen LogP contribution is -2.48. The zero-order valence-corrected chi connectivity index (χ0v) is 16.4. The molecule has 2 amide bonds. The van der Waals surface area contributed by atoms with Gasteiger partial charge in [-0.2, -0.15) is 0 Å². The molecule has 0 aromatic heterocycles. The maximum Gasteiger partial charge on any atom is 0.279 e. The van der Waals surface area contributed by atoms with Crippen molar-refractivity contribution in [2.24, 2.45) is 0 Å². The summed E-state index contributed by atoms with van der Waals surface area (Å²) in [4.78, 5) is 23.9. The van der Waals surface area contributed by atoms with Crippen LogP contribution >= 0.6 is 0 Å². The molecule has 0 bridgehead atoms. The summed E-state index contributed by atoms with van der Waals surface area (Å²) >= 11 is 0. The van der Waals surface area contributed by atoms with Crippen LogP contribution in [-0.2, 0) is 9.59 Å². The van der Waals surface area contributed by atoms with Crippen molar-refractivity contribution in [1.82, 2.24) is 10.9 Å². The van der Waals surface area contributed by atoms with Gasteiger partial charge in [-0.15, -0.1) is 0 Å². The highest BCUT2D eigenvalue weighted by Crippen LogP contribution is 2.28. The average Bonchev–Trinajstić information content (AvgIpc) is 2.72. The number of benzene rings is 2. The van der Waals surface area contributed by atoms with E-state index in [9.17, 15) is 14.0 Å². The Labute approximate surface area is 168 Å². The van der Waals surface area contributed by atoms with Crippen molar-refractivity contribution < 1.29 is 28.2 Å². The van der Waals surface area contributed by atoms with Crippen molar-refractivity contribution in [2.75, 3.05) is 13.7 Å². The van der Waals surface area contributed by atoms with Gasteiger partial charge in [0.25, 0.3) is 11.8 Å². The van der Waals surface area contributed by atoms with Crippen LogP contribution in [0.3, 0.4) is 0 Å². The van der Waals surface area contributed by atoms with Crippen LogP contribution in [0.15, 0.2) is 48.5 Å². The van der Waals surface area contributed by atoms with Crippen LogP contribution in [0.2, 0.25) is 0 Å². The molecule has 0 aliphatic heterocycles. The summed E-state index contributed by atoms with van der Waals surface area (Å²) in [6.07, 6.45) is 2.77. The second kappa shape index (κ2) is 10.7. The second-order valence-corrected chi connectivity index (χ2v) is 5.93. The Hall–Kier alpha value is -3.55. The number of hydrazine groups is 1. The number of carbonyl (C=O) groups is 2. The monoisotopic (exact) mass is 402 g/mol. The molecular formula is C21H23FN2O5. The van der Waals surface area contributed by atoms with Crippen LogP contribution < -0.4 is 25.1 Å². The summed E-state index contributed by atoms with van der Waals surface area (Å²) < 4.78 is 29.5. The number of amides is 2. The van der Waals surface area contributed by atoms with Crippen LogP contribution in [-0.4, -0.2) is 31.6 Å². The van der Waals surface area contributed by atoms with Gasteiger partial charge in [-0.05, 0) is 43.7 Å². The van der Waals surface area contributed by atoms with Crippen LogP contribution in [0, 0.1) is 5.82 Å². The Morgan fingerprint density at radius 3 is 2.55 bits per heavy atom. The van der Waals surface area contributed by atoms with Gasteiger partial charge in [-0.25, -0.2) is 4.39 Å². The molecule has 0 heterocycles. The quantitative estimate of drug-likeness (QED) is 0.663. The fourth-order valence-corrected chi connectivity index (χ4v) is 2.30. The van der Waals surface area contributed by atoms with Gasteiger partial charge >= 0.3 is 0 Å². The van der Waals surface area contributed by atoms with E-state index in [0.29, 0.717) is 11.5 Å². The van der Waals surface area contributed by atoms with Crippen LogP contribution in [0.4, 0.5) is 4.39 Å². The zero-order valence-electron chi connectivity index (χ0n) is 16.4. The van der Waals surface area contributed by atoms with E-state index in [1.807, 2.05) is 25.1 Å². The van der Waals surface area contributed by atoms with E-state index >= 15 is 0 Å². The number of allylic oxidation sites excluding steroid dienone is 1. The maximum atomic E-state index is 13.6. The number of carbonyl (C=O) groups excluding carboxylic acids is 2. The normalized spacial score (nSPS) is 11.6. The van der Waals surface area contributed by atoms with E-state index in [-0.39, 0.29) is 12.4 Å². The highest BCUT2D eigenvalue weighted by Gasteiger charge is 2.17. The number of para-hydroxylation sites is 1. The molecule has 154 valence electrons. The van der Waals surface area contributed by atoms with Gasteiger partial charge in [0.2, 0.25) is 0 Å². The molecule has 8 heteroatoms. The fourth-order valence-electron chi connectivity index (χ4n) is 2.30. The lowest BCUT2D eigenvalue weighted by molar-refractivity contribution is -0.133. The fraction of sp³-hybridized carbons (Fsp3) is 0.238. The Morgan fingerprint density at radius 1 is 1.10 bits per heavy atom. The third kappa shape index (κ3) is 6.53. The molecule has 7 nitrogen and oxygen atoms in total. The first-order valence-electron chi connectivity index (χ1n) is 8.88. The Balaban J connectivity index is 1.82. The molecule has 2 N–H and O–H groups in total. The van der Waals surface area contributed by atoms with E-state index in [1.165, 1.54) is 32.2 Å². The number of halogens is 1. The molecule has 0 aliphatic carbocycles. The van der Waals surface area contributed by atoms with Crippen LogP contribution in [0.25, 0.3) is 6.08 Å². The van der Waals surface area contributed by atoms with Gasteiger partial charge in [0.05, 0.1) is 7.11 Å². The third-order valence-electron chi connectivity index (χ3n) is 3.74. The van der Waals surface area contributed by atoms with Gasteiger partial charge in [0, 0.05) is 0 Å². The van der Waals surface area contributed by atoms with E-state index in [1.54, 1.807) is 18.2 Å². The van der Waals surface area contributed by atoms with Gasteiger partial charge < -0.3 is 14.2 Å². The highest BCUT2D eigenvalue weighted by molar-refractivity contribution is 5.85. The first-order valence-corrected chi connectivity index (χ1v) is 8.88. The van der Waals surface area contributed by atoms with Gasteiger partial charge in [0.15, 0.2) is 35.8 Å². The first kappa shape index (κ1) is 21.7. The van der Waals surface area contributed by atoms with Crippen LogP contribution in [0.1, 0.15) is 19.4 Å². The third-order valence-corrected chi connectivity index (χ3v) is 3.74. The smallest absolute Gasteiger partial charge is 0.279 e. The number of nitrogens with one attached hydrogen (secondary N) is 2. The van der Waals surface area contributed by atoms with Crippen molar-refractivity contribution in [3.8, 4) is 17.2 Å². The van der Waals surface area contributed by atoms with Gasteiger partial charge in [-0.3, -0.25) is 20.4 Å². The minimum absolute atomic E-state index is 0.0572. The van der Waals surface area contributed by atoms with E-state index in [0.717, 1.165) is 5.56 Å². The predicted molar refractivity (Wildman–Crippen MR) is 106 cm³/mol. The number of hydrogen-bond donors (Lipinski definition) is 2. The average molecular weight is 402 g/mol. The Bertz CT molecular complexity index is 885. The molecule has 29 heavy (non-hydrogen) atoms. The molecule has 0 spiro atoms. The number of hydrogen-bond acceptors (Lipinski definition) is 5. The lowest BCUT2D eigenvalue weighted by atomic mass is 10.2. The molecular weight excluding hydrogens is 379 g/mol. The molecule has 2 aromatic carbocycles. The number of methoxy groups -OCH3 is 1. The van der Waals surface area contributed by atoms with Gasteiger partial charge in [-0.1, -0.05) is 30.4 Å². The summed E-state index contributed by atoms with van der Waals surface area (Å²) in [5, 5.41) is 0. The van der Waals surface area contributed by atoms with E-state index in [4.69, 9.17) is 14.2 Å². The van der Waals surface area contributed by atoms with Crippen molar-refractivity contribution in [2.45, 2.75) is 20.0 Å². The zero-order chi connectivity index (χ0) is 21.2. The Kier molecular flexibility index (Phi) is 8.02. The minimum Gasteiger partial charge on any atom is -0.493 e. The summed E-state index contributed by atoms with van der Waals surface area (Å²) in [6.45, 7) is 2.99. The number of rotatable bonds is 8. The van der Waals surface area contributed by atoms with Crippen molar-refractivity contribution in [1.29, 1.82) is 0 Å². The molecule has 0 radical (unpaired) electrons. The highest BCUT2D eigenvalue weighted by atomic mass is 19.1. The standard InChI is InChI=1S/C21H23FN2O5/c1-4-7-15-10-11-18(19(12-15)27-3)28-13-20(25)23-24-21(26)14(2)29-17-9-6-5-8-16(17)22/h4-12,14H,13H2,1-3H3,(H,23,25)(H,24,26)/b7-4+/t14-/m0/s1. The van der Waals surface area contributed by atoms with E-state index < -0.39 is 23.7 Å². The predicted octanol–water partition coefficient (Wildman–Crippen LogP) is 2.86. The van der Waals surface area contributed by atoms with Crippen LogP contribution in [0.5, 0.6) is 17.2 Å². The van der Waals surface area contributed by atoms with Crippen molar-refractivity contribution >= 4 is 17.9 Å². The largest absolute Gasteiger partial charge is 0.493 e. The van der Waals surface area contributed by atoms with Crippen molar-refractivity contribution in [3.63, 3.8) is 0 Å². The van der Waals surface area contributed by atoms with Gasteiger partial charge in [0.1, 0.15) is 0 Å². The van der Waals surface area contributed by atoms with Crippen molar-refractivity contribution in [3.05, 3.63) is 59.9 Å². The van der Waals surface area contributed by atoms with E-state index in [2.05, 4.69) is 10.9 Å².